The monoisotopic (exact) mass is 277 g/mol. The molecule has 1 heterocycles. The van der Waals surface area contributed by atoms with Gasteiger partial charge in [0.05, 0.1) is 6.54 Å². The summed E-state index contributed by atoms with van der Waals surface area (Å²) in [7, 11) is 0. The zero-order valence-electron chi connectivity index (χ0n) is 10.3. The van der Waals surface area contributed by atoms with E-state index in [1.807, 2.05) is 0 Å². The number of benzene rings is 1. The van der Waals surface area contributed by atoms with Crippen molar-refractivity contribution in [2.45, 2.75) is 19.6 Å². The molecule has 0 aromatic heterocycles. The molecule has 0 aliphatic carbocycles. The molecular weight excluding hydrogens is 263 g/mol. The summed E-state index contributed by atoms with van der Waals surface area (Å²) >= 11 is 0. The highest BCUT2D eigenvalue weighted by atomic mass is 19.4. The molecule has 0 bridgehead atoms. The SMILES string of the molecule is CCN(Cc1cc2c(cc1O)OCO2)CC(F)(F)F. The highest BCUT2D eigenvalue weighted by molar-refractivity contribution is 5.51. The Morgan fingerprint density at radius 2 is 1.89 bits per heavy atom. The minimum absolute atomic E-state index is 0.00150. The number of ether oxygens (including phenoxy) is 2. The molecule has 0 fully saturated rings. The van der Waals surface area contributed by atoms with E-state index in [-0.39, 0.29) is 25.6 Å². The van der Waals surface area contributed by atoms with Crippen LogP contribution in [0.2, 0.25) is 0 Å². The van der Waals surface area contributed by atoms with E-state index in [2.05, 4.69) is 0 Å². The van der Waals surface area contributed by atoms with E-state index in [9.17, 15) is 18.3 Å². The standard InChI is InChI=1S/C12H14F3NO3/c1-2-16(6-12(13,14)15)5-8-3-10-11(4-9(8)17)19-7-18-10/h3-4,17H,2,5-7H2,1H3. The molecule has 0 saturated carbocycles. The molecule has 0 saturated heterocycles. The average molecular weight is 277 g/mol. The Kier molecular flexibility index (Phi) is 3.75. The molecule has 7 heteroatoms. The van der Waals surface area contributed by atoms with Crippen LogP contribution in [0.5, 0.6) is 17.2 Å². The van der Waals surface area contributed by atoms with Crippen LogP contribution in [0.15, 0.2) is 12.1 Å². The van der Waals surface area contributed by atoms with Crippen molar-refractivity contribution in [3.8, 4) is 17.2 Å². The molecule has 1 aliphatic heterocycles. The van der Waals surface area contributed by atoms with Gasteiger partial charge in [-0.25, -0.2) is 0 Å². The molecule has 1 N–H and O–H groups in total. The largest absolute Gasteiger partial charge is 0.507 e. The zero-order chi connectivity index (χ0) is 14.0. The lowest BCUT2D eigenvalue weighted by Gasteiger charge is -2.22. The molecule has 0 atom stereocenters. The normalized spacial score (nSPS) is 14.2. The summed E-state index contributed by atoms with van der Waals surface area (Å²) in [4.78, 5) is 1.19. The third-order valence-corrected chi connectivity index (χ3v) is 2.82. The number of aromatic hydroxyl groups is 1. The lowest BCUT2D eigenvalue weighted by molar-refractivity contribution is -0.146. The maximum Gasteiger partial charge on any atom is 0.401 e. The number of hydrogen-bond donors (Lipinski definition) is 1. The Balaban J connectivity index is 2.13. The third-order valence-electron chi connectivity index (χ3n) is 2.82. The quantitative estimate of drug-likeness (QED) is 0.918. The van der Waals surface area contributed by atoms with Crippen molar-refractivity contribution in [2.24, 2.45) is 0 Å². The predicted molar refractivity (Wildman–Crippen MR) is 61.2 cm³/mol. The Morgan fingerprint density at radius 3 is 2.47 bits per heavy atom. The van der Waals surface area contributed by atoms with Crippen LogP contribution >= 0.6 is 0 Å². The van der Waals surface area contributed by atoms with E-state index >= 15 is 0 Å². The number of fused-ring (bicyclic) bond motifs is 1. The average Bonchev–Trinajstić information content (AvgIpc) is 2.73. The van der Waals surface area contributed by atoms with Gasteiger partial charge in [-0.2, -0.15) is 13.2 Å². The van der Waals surface area contributed by atoms with Crippen molar-refractivity contribution in [1.82, 2.24) is 4.90 Å². The maximum atomic E-state index is 12.4. The molecule has 1 aromatic carbocycles. The molecule has 0 unspecified atom stereocenters. The topological polar surface area (TPSA) is 41.9 Å². The van der Waals surface area contributed by atoms with Crippen molar-refractivity contribution in [3.63, 3.8) is 0 Å². The summed E-state index contributed by atoms with van der Waals surface area (Å²) in [5.74, 6) is 0.751. The van der Waals surface area contributed by atoms with E-state index in [0.29, 0.717) is 17.1 Å². The molecule has 0 amide bonds. The van der Waals surface area contributed by atoms with Gasteiger partial charge in [0.25, 0.3) is 0 Å². The fraction of sp³-hybridized carbons (Fsp3) is 0.500. The number of rotatable bonds is 4. The fourth-order valence-corrected chi connectivity index (χ4v) is 1.87. The van der Waals surface area contributed by atoms with Gasteiger partial charge in [0, 0.05) is 18.2 Å². The van der Waals surface area contributed by atoms with Gasteiger partial charge >= 0.3 is 6.18 Å². The fourth-order valence-electron chi connectivity index (χ4n) is 1.87. The Hall–Kier alpha value is -1.63. The number of phenols is 1. The van der Waals surface area contributed by atoms with Gasteiger partial charge in [-0.05, 0) is 12.6 Å². The van der Waals surface area contributed by atoms with Crippen molar-refractivity contribution in [2.75, 3.05) is 19.9 Å². The zero-order valence-corrected chi connectivity index (χ0v) is 10.3. The van der Waals surface area contributed by atoms with Crippen molar-refractivity contribution >= 4 is 0 Å². The van der Waals surface area contributed by atoms with Gasteiger partial charge < -0.3 is 14.6 Å². The molecule has 2 rings (SSSR count). The van der Waals surface area contributed by atoms with Crippen LogP contribution in [-0.2, 0) is 6.54 Å². The molecule has 106 valence electrons. The first-order valence-electron chi connectivity index (χ1n) is 5.79. The second-order valence-corrected chi connectivity index (χ2v) is 4.25. The summed E-state index contributed by atoms with van der Waals surface area (Å²) in [5, 5.41) is 9.77. The van der Waals surface area contributed by atoms with Crippen LogP contribution < -0.4 is 9.47 Å². The highest BCUT2D eigenvalue weighted by Gasteiger charge is 2.30. The summed E-state index contributed by atoms with van der Waals surface area (Å²) < 4.78 is 47.3. The molecule has 0 spiro atoms. The number of nitrogens with zero attached hydrogens (tertiary/aromatic N) is 1. The van der Waals surface area contributed by atoms with E-state index in [0.717, 1.165) is 0 Å². The van der Waals surface area contributed by atoms with Crippen LogP contribution in [0.3, 0.4) is 0 Å². The van der Waals surface area contributed by atoms with E-state index in [1.165, 1.54) is 17.0 Å². The summed E-state index contributed by atoms with van der Waals surface area (Å²) in [6.07, 6.45) is -4.26. The molecule has 0 radical (unpaired) electrons. The minimum atomic E-state index is -4.26. The predicted octanol–water partition coefficient (Wildman–Crippen LogP) is 2.51. The maximum absolute atomic E-state index is 12.4. The van der Waals surface area contributed by atoms with Gasteiger partial charge in [0.15, 0.2) is 11.5 Å². The molecule has 1 aliphatic rings. The van der Waals surface area contributed by atoms with Gasteiger partial charge in [-0.15, -0.1) is 0 Å². The second-order valence-electron chi connectivity index (χ2n) is 4.25. The number of hydrogen-bond acceptors (Lipinski definition) is 4. The molecule has 19 heavy (non-hydrogen) atoms. The van der Waals surface area contributed by atoms with Crippen molar-refractivity contribution in [3.05, 3.63) is 17.7 Å². The third kappa shape index (κ3) is 3.44. The molecule has 1 aromatic rings. The van der Waals surface area contributed by atoms with Crippen LogP contribution in [0.1, 0.15) is 12.5 Å². The van der Waals surface area contributed by atoms with Crippen LogP contribution in [0.25, 0.3) is 0 Å². The number of phenolic OH excluding ortho intramolecular Hbond substituents is 1. The van der Waals surface area contributed by atoms with Gasteiger partial charge in [-0.3, -0.25) is 4.90 Å². The molecule has 4 nitrogen and oxygen atoms in total. The van der Waals surface area contributed by atoms with E-state index in [1.54, 1.807) is 6.92 Å². The van der Waals surface area contributed by atoms with Crippen molar-refractivity contribution in [1.29, 1.82) is 0 Å². The van der Waals surface area contributed by atoms with Gasteiger partial charge in [-0.1, -0.05) is 6.92 Å². The minimum Gasteiger partial charge on any atom is -0.507 e. The van der Waals surface area contributed by atoms with E-state index in [4.69, 9.17) is 9.47 Å². The Labute approximate surface area is 108 Å². The lowest BCUT2D eigenvalue weighted by atomic mass is 10.1. The van der Waals surface area contributed by atoms with Crippen LogP contribution in [-0.4, -0.2) is 36.1 Å². The van der Waals surface area contributed by atoms with Gasteiger partial charge in [0.1, 0.15) is 5.75 Å². The highest BCUT2D eigenvalue weighted by Crippen LogP contribution is 2.38. The summed E-state index contributed by atoms with van der Waals surface area (Å²) in [5.41, 5.74) is 0.385. The summed E-state index contributed by atoms with van der Waals surface area (Å²) in [6, 6.07) is 2.87. The summed E-state index contributed by atoms with van der Waals surface area (Å²) in [6.45, 7) is 0.900. The van der Waals surface area contributed by atoms with Crippen molar-refractivity contribution < 1.29 is 27.8 Å². The number of alkyl halides is 3. The van der Waals surface area contributed by atoms with Crippen LogP contribution in [0.4, 0.5) is 13.2 Å². The number of halogens is 3. The molecular formula is C12H14F3NO3. The Bertz CT molecular complexity index is 462. The van der Waals surface area contributed by atoms with Gasteiger partial charge in [0.2, 0.25) is 6.79 Å². The van der Waals surface area contributed by atoms with Crippen LogP contribution in [0, 0.1) is 0 Å². The first-order chi connectivity index (χ1) is 8.89. The lowest BCUT2D eigenvalue weighted by Crippen LogP contribution is -2.33. The first kappa shape index (κ1) is 13.8. The van der Waals surface area contributed by atoms with E-state index < -0.39 is 12.7 Å². The second kappa shape index (κ2) is 5.16. The Morgan fingerprint density at radius 1 is 1.26 bits per heavy atom. The first-order valence-corrected chi connectivity index (χ1v) is 5.79. The smallest absolute Gasteiger partial charge is 0.401 e.